The van der Waals surface area contributed by atoms with Gasteiger partial charge in [0.15, 0.2) is 5.82 Å². The molecule has 0 aliphatic heterocycles. The lowest BCUT2D eigenvalue weighted by molar-refractivity contribution is 0.415. The summed E-state index contributed by atoms with van der Waals surface area (Å²) >= 11 is 12.3. The van der Waals surface area contributed by atoms with Crippen LogP contribution in [0.15, 0.2) is 36.4 Å². The van der Waals surface area contributed by atoms with Crippen molar-refractivity contribution in [1.82, 2.24) is 9.97 Å². The van der Waals surface area contributed by atoms with Crippen molar-refractivity contribution in [3.8, 4) is 17.1 Å². The predicted octanol–water partition coefficient (Wildman–Crippen LogP) is 4.92. The van der Waals surface area contributed by atoms with Gasteiger partial charge in [-0.25, -0.2) is 9.97 Å². The number of nitrogens with zero attached hydrogens (tertiary/aromatic N) is 2. The third-order valence-corrected chi connectivity index (χ3v) is 3.76. The second kappa shape index (κ2) is 5.51. The molecule has 0 amide bonds. The van der Waals surface area contributed by atoms with Gasteiger partial charge in [0.2, 0.25) is 0 Å². The molecule has 0 aliphatic carbocycles. The van der Waals surface area contributed by atoms with E-state index in [2.05, 4.69) is 9.97 Å². The fraction of sp³-hybridized carbons (Fsp3) is 0.125. The Labute approximate surface area is 132 Å². The summed E-state index contributed by atoms with van der Waals surface area (Å²) in [7, 11) is 1.62. The predicted molar refractivity (Wildman–Crippen MR) is 86.3 cm³/mol. The van der Waals surface area contributed by atoms with Crippen LogP contribution >= 0.6 is 23.2 Å². The molecule has 0 unspecified atom stereocenters. The van der Waals surface area contributed by atoms with Crippen LogP contribution in [0, 0.1) is 6.92 Å². The van der Waals surface area contributed by atoms with Gasteiger partial charge in [-0.1, -0.05) is 35.3 Å². The van der Waals surface area contributed by atoms with Crippen LogP contribution < -0.4 is 4.74 Å². The molecule has 21 heavy (non-hydrogen) atoms. The number of halogens is 2. The molecular formula is C16H12Cl2N2O. The number of aryl methyl sites for hydroxylation is 1. The first kappa shape index (κ1) is 14.1. The van der Waals surface area contributed by atoms with Crippen LogP contribution in [0.1, 0.15) is 5.56 Å². The van der Waals surface area contributed by atoms with Crippen molar-refractivity contribution >= 4 is 34.1 Å². The SMILES string of the molecule is COc1cc(C)c2nc(-c3cccc(Cl)c3)nc(Cl)c2c1. The van der Waals surface area contributed by atoms with Gasteiger partial charge in [0.05, 0.1) is 12.6 Å². The van der Waals surface area contributed by atoms with Crippen molar-refractivity contribution in [3.63, 3.8) is 0 Å². The van der Waals surface area contributed by atoms with E-state index in [1.54, 1.807) is 7.11 Å². The van der Waals surface area contributed by atoms with Crippen molar-refractivity contribution < 1.29 is 4.74 Å². The number of fused-ring (bicyclic) bond motifs is 1. The molecule has 106 valence electrons. The van der Waals surface area contributed by atoms with Gasteiger partial charge in [-0.15, -0.1) is 0 Å². The fourth-order valence-electron chi connectivity index (χ4n) is 2.21. The summed E-state index contributed by atoms with van der Waals surface area (Å²) in [6.07, 6.45) is 0. The van der Waals surface area contributed by atoms with Crippen molar-refractivity contribution in [2.24, 2.45) is 0 Å². The average Bonchev–Trinajstić information content (AvgIpc) is 2.47. The summed E-state index contributed by atoms with van der Waals surface area (Å²) in [6, 6.07) is 11.2. The number of methoxy groups -OCH3 is 1. The van der Waals surface area contributed by atoms with Gasteiger partial charge in [0.1, 0.15) is 10.9 Å². The summed E-state index contributed by atoms with van der Waals surface area (Å²) in [4.78, 5) is 8.98. The molecule has 3 aromatic rings. The number of rotatable bonds is 2. The number of hydrogen-bond donors (Lipinski definition) is 0. The molecule has 0 saturated heterocycles. The van der Waals surface area contributed by atoms with Crippen molar-refractivity contribution in [3.05, 3.63) is 52.1 Å². The number of ether oxygens (including phenoxy) is 1. The van der Waals surface area contributed by atoms with Crippen molar-refractivity contribution in [2.75, 3.05) is 7.11 Å². The Morgan fingerprint density at radius 2 is 1.86 bits per heavy atom. The Hall–Kier alpha value is -1.84. The molecule has 0 N–H and O–H groups in total. The molecule has 0 saturated carbocycles. The maximum absolute atomic E-state index is 6.31. The monoisotopic (exact) mass is 318 g/mol. The van der Waals surface area contributed by atoms with Crippen LogP contribution in [0.25, 0.3) is 22.3 Å². The van der Waals surface area contributed by atoms with Gasteiger partial charge in [-0.2, -0.15) is 0 Å². The van der Waals surface area contributed by atoms with Gasteiger partial charge in [-0.05, 0) is 36.8 Å². The maximum Gasteiger partial charge on any atom is 0.161 e. The number of aromatic nitrogens is 2. The molecule has 1 heterocycles. The van der Waals surface area contributed by atoms with E-state index < -0.39 is 0 Å². The first-order valence-corrected chi connectivity index (χ1v) is 7.12. The maximum atomic E-state index is 6.31. The van der Waals surface area contributed by atoms with Gasteiger partial charge >= 0.3 is 0 Å². The van der Waals surface area contributed by atoms with Gasteiger partial charge in [-0.3, -0.25) is 0 Å². The molecule has 5 heteroatoms. The molecule has 2 aromatic carbocycles. The zero-order chi connectivity index (χ0) is 15.0. The summed E-state index contributed by atoms with van der Waals surface area (Å²) in [5, 5.41) is 1.81. The summed E-state index contributed by atoms with van der Waals surface area (Å²) in [5.74, 6) is 1.30. The highest BCUT2D eigenvalue weighted by Gasteiger charge is 2.11. The fourth-order valence-corrected chi connectivity index (χ4v) is 2.63. The van der Waals surface area contributed by atoms with E-state index in [0.717, 1.165) is 27.8 Å². The third kappa shape index (κ3) is 2.67. The lowest BCUT2D eigenvalue weighted by atomic mass is 10.1. The second-order valence-electron chi connectivity index (χ2n) is 4.69. The summed E-state index contributed by atoms with van der Waals surface area (Å²) < 4.78 is 5.26. The van der Waals surface area contributed by atoms with Crippen LogP contribution in [0.5, 0.6) is 5.75 Å². The normalized spacial score (nSPS) is 10.9. The number of benzene rings is 2. The molecule has 0 bridgehead atoms. The highest BCUT2D eigenvalue weighted by Crippen LogP contribution is 2.30. The highest BCUT2D eigenvalue weighted by molar-refractivity contribution is 6.34. The molecule has 0 radical (unpaired) electrons. The highest BCUT2D eigenvalue weighted by atomic mass is 35.5. The molecular weight excluding hydrogens is 307 g/mol. The van der Waals surface area contributed by atoms with E-state index in [0.29, 0.717) is 16.0 Å². The lowest BCUT2D eigenvalue weighted by Crippen LogP contribution is -1.95. The van der Waals surface area contributed by atoms with E-state index in [1.807, 2.05) is 43.3 Å². The zero-order valence-corrected chi connectivity index (χ0v) is 13.0. The van der Waals surface area contributed by atoms with Gasteiger partial charge in [0, 0.05) is 16.0 Å². The quantitative estimate of drug-likeness (QED) is 0.629. The molecule has 0 fully saturated rings. The first-order chi connectivity index (χ1) is 10.1. The minimum atomic E-state index is 0.400. The van der Waals surface area contributed by atoms with Crippen LogP contribution in [0.3, 0.4) is 0 Å². The topological polar surface area (TPSA) is 35.0 Å². The molecule has 0 spiro atoms. The Morgan fingerprint density at radius 3 is 2.57 bits per heavy atom. The van der Waals surface area contributed by atoms with E-state index in [9.17, 15) is 0 Å². The van der Waals surface area contributed by atoms with E-state index in [-0.39, 0.29) is 0 Å². The smallest absolute Gasteiger partial charge is 0.161 e. The summed E-state index contributed by atoms with van der Waals surface area (Å²) in [6.45, 7) is 1.97. The second-order valence-corrected chi connectivity index (χ2v) is 5.48. The molecule has 0 aliphatic rings. The largest absolute Gasteiger partial charge is 0.497 e. The van der Waals surface area contributed by atoms with Gasteiger partial charge in [0.25, 0.3) is 0 Å². The Balaban J connectivity index is 2.26. The summed E-state index contributed by atoms with van der Waals surface area (Å²) in [5.41, 5.74) is 2.63. The molecule has 0 atom stereocenters. The van der Waals surface area contributed by atoms with E-state index >= 15 is 0 Å². The Kier molecular flexibility index (Phi) is 3.70. The lowest BCUT2D eigenvalue weighted by Gasteiger charge is -2.09. The van der Waals surface area contributed by atoms with Crippen molar-refractivity contribution in [2.45, 2.75) is 6.92 Å². The van der Waals surface area contributed by atoms with Crippen molar-refractivity contribution in [1.29, 1.82) is 0 Å². The average molecular weight is 319 g/mol. The standard InChI is InChI=1S/C16H12Cl2N2O/c1-9-6-12(21-2)8-13-14(9)19-16(20-15(13)18)10-4-3-5-11(17)7-10/h3-8H,1-2H3. The minimum Gasteiger partial charge on any atom is -0.497 e. The first-order valence-electron chi connectivity index (χ1n) is 6.36. The van der Waals surface area contributed by atoms with Crippen LogP contribution in [0.2, 0.25) is 10.2 Å². The third-order valence-electron chi connectivity index (χ3n) is 3.24. The van der Waals surface area contributed by atoms with Crippen LogP contribution in [0.4, 0.5) is 0 Å². The Bertz CT molecular complexity index is 834. The zero-order valence-electron chi connectivity index (χ0n) is 11.5. The number of hydrogen-bond acceptors (Lipinski definition) is 3. The minimum absolute atomic E-state index is 0.400. The van der Waals surface area contributed by atoms with E-state index in [4.69, 9.17) is 27.9 Å². The van der Waals surface area contributed by atoms with Crippen LogP contribution in [-0.4, -0.2) is 17.1 Å². The van der Waals surface area contributed by atoms with E-state index in [1.165, 1.54) is 0 Å². The van der Waals surface area contributed by atoms with Crippen LogP contribution in [-0.2, 0) is 0 Å². The molecule has 3 nitrogen and oxygen atoms in total. The molecule has 3 rings (SSSR count). The molecule has 1 aromatic heterocycles. The van der Waals surface area contributed by atoms with Gasteiger partial charge < -0.3 is 4.74 Å². The Morgan fingerprint density at radius 1 is 1.05 bits per heavy atom.